The molecule has 1 heterocycles. The summed E-state index contributed by atoms with van der Waals surface area (Å²) in [5.74, 6) is 0.455. The molecule has 0 saturated carbocycles. The molecule has 0 aliphatic heterocycles. The SMILES string of the molecule is COC(=O)c1ccc(CNc2cc(C)cc(C)c2)o1. The van der Waals surface area contributed by atoms with Gasteiger partial charge in [-0.25, -0.2) is 4.79 Å². The Morgan fingerprint density at radius 1 is 1.21 bits per heavy atom. The van der Waals surface area contributed by atoms with Crippen molar-refractivity contribution in [3.8, 4) is 0 Å². The highest BCUT2D eigenvalue weighted by molar-refractivity contribution is 5.86. The monoisotopic (exact) mass is 259 g/mol. The highest BCUT2D eigenvalue weighted by Gasteiger charge is 2.10. The van der Waals surface area contributed by atoms with Crippen molar-refractivity contribution < 1.29 is 13.9 Å². The van der Waals surface area contributed by atoms with E-state index in [1.807, 2.05) is 0 Å². The summed E-state index contributed by atoms with van der Waals surface area (Å²) in [6.45, 7) is 4.64. The first-order valence-corrected chi connectivity index (χ1v) is 6.07. The van der Waals surface area contributed by atoms with Crippen molar-refractivity contribution in [2.45, 2.75) is 20.4 Å². The molecule has 4 heteroatoms. The highest BCUT2D eigenvalue weighted by atomic mass is 16.5. The van der Waals surface area contributed by atoms with E-state index < -0.39 is 5.97 Å². The summed E-state index contributed by atoms with van der Waals surface area (Å²) < 4.78 is 9.97. The van der Waals surface area contributed by atoms with Crippen molar-refractivity contribution in [2.24, 2.45) is 0 Å². The molecule has 1 aromatic carbocycles. The average Bonchev–Trinajstić information content (AvgIpc) is 2.83. The van der Waals surface area contributed by atoms with Crippen LogP contribution >= 0.6 is 0 Å². The topological polar surface area (TPSA) is 51.5 Å². The minimum absolute atomic E-state index is 0.222. The summed E-state index contributed by atoms with van der Waals surface area (Å²) in [7, 11) is 1.33. The van der Waals surface area contributed by atoms with Gasteiger partial charge in [-0.05, 0) is 49.2 Å². The highest BCUT2D eigenvalue weighted by Crippen LogP contribution is 2.16. The number of aryl methyl sites for hydroxylation is 2. The molecule has 4 nitrogen and oxygen atoms in total. The van der Waals surface area contributed by atoms with Crippen LogP contribution in [-0.2, 0) is 11.3 Å². The summed E-state index contributed by atoms with van der Waals surface area (Å²) in [5, 5.41) is 3.27. The fourth-order valence-corrected chi connectivity index (χ4v) is 1.95. The summed E-state index contributed by atoms with van der Waals surface area (Å²) in [4.78, 5) is 11.3. The Bertz CT molecular complexity index is 567. The van der Waals surface area contributed by atoms with E-state index in [0.29, 0.717) is 12.3 Å². The van der Waals surface area contributed by atoms with Crippen LogP contribution in [-0.4, -0.2) is 13.1 Å². The molecule has 0 unspecified atom stereocenters. The Morgan fingerprint density at radius 2 is 1.89 bits per heavy atom. The van der Waals surface area contributed by atoms with E-state index in [1.165, 1.54) is 18.2 Å². The molecule has 0 spiro atoms. The largest absolute Gasteiger partial charge is 0.463 e. The van der Waals surface area contributed by atoms with Crippen LogP contribution < -0.4 is 5.32 Å². The first-order valence-electron chi connectivity index (χ1n) is 6.07. The van der Waals surface area contributed by atoms with E-state index in [-0.39, 0.29) is 5.76 Å². The lowest BCUT2D eigenvalue weighted by Gasteiger charge is -2.07. The molecule has 100 valence electrons. The van der Waals surface area contributed by atoms with Crippen molar-refractivity contribution in [2.75, 3.05) is 12.4 Å². The lowest BCUT2D eigenvalue weighted by atomic mass is 10.1. The lowest BCUT2D eigenvalue weighted by Crippen LogP contribution is -2.00. The number of anilines is 1. The zero-order valence-corrected chi connectivity index (χ0v) is 11.3. The second kappa shape index (κ2) is 5.61. The van der Waals surface area contributed by atoms with Crippen LogP contribution in [0.25, 0.3) is 0 Å². The first kappa shape index (κ1) is 13.2. The number of ether oxygens (including phenoxy) is 1. The number of carbonyl (C=O) groups is 1. The standard InChI is InChI=1S/C15H17NO3/c1-10-6-11(2)8-12(7-10)16-9-13-4-5-14(19-13)15(17)18-3/h4-8,16H,9H2,1-3H3. The van der Waals surface area contributed by atoms with Gasteiger partial charge in [0.1, 0.15) is 5.76 Å². The Hall–Kier alpha value is -2.23. The van der Waals surface area contributed by atoms with E-state index in [1.54, 1.807) is 12.1 Å². The predicted octanol–water partition coefficient (Wildman–Crippen LogP) is 3.30. The minimum atomic E-state index is -0.461. The number of esters is 1. The zero-order valence-electron chi connectivity index (χ0n) is 11.3. The van der Waals surface area contributed by atoms with Gasteiger partial charge in [0.25, 0.3) is 0 Å². The summed E-state index contributed by atoms with van der Waals surface area (Å²) in [5.41, 5.74) is 3.45. The Balaban J connectivity index is 2.02. The molecule has 0 fully saturated rings. The number of rotatable bonds is 4. The van der Waals surface area contributed by atoms with Gasteiger partial charge in [0.15, 0.2) is 0 Å². The van der Waals surface area contributed by atoms with Gasteiger partial charge in [-0.15, -0.1) is 0 Å². The van der Waals surface area contributed by atoms with Gasteiger partial charge in [0, 0.05) is 5.69 Å². The number of hydrogen-bond donors (Lipinski definition) is 1. The molecule has 0 aliphatic rings. The summed E-state index contributed by atoms with van der Waals surface area (Å²) >= 11 is 0. The maximum Gasteiger partial charge on any atom is 0.373 e. The fourth-order valence-electron chi connectivity index (χ4n) is 1.95. The third kappa shape index (κ3) is 3.37. The van der Waals surface area contributed by atoms with Gasteiger partial charge in [0.05, 0.1) is 13.7 Å². The van der Waals surface area contributed by atoms with E-state index in [9.17, 15) is 4.79 Å². The van der Waals surface area contributed by atoms with Gasteiger partial charge in [-0.1, -0.05) is 6.07 Å². The van der Waals surface area contributed by atoms with Gasteiger partial charge >= 0.3 is 5.97 Å². The maximum atomic E-state index is 11.3. The van der Waals surface area contributed by atoms with Crippen LogP contribution in [0.5, 0.6) is 0 Å². The van der Waals surface area contributed by atoms with Crippen LogP contribution in [0.15, 0.2) is 34.7 Å². The van der Waals surface area contributed by atoms with Gasteiger partial charge in [-0.2, -0.15) is 0 Å². The summed E-state index contributed by atoms with van der Waals surface area (Å²) in [6, 6.07) is 9.63. The van der Waals surface area contributed by atoms with Gasteiger partial charge in [0.2, 0.25) is 5.76 Å². The molecule has 0 bridgehead atoms. The van der Waals surface area contributed by atoms with Crippen LogP contribution in [0.3, 0.4) is 0 Å². The molecule has 0 saturated heterocycles. The molecule has 0 radical (unpaired) electrons. The smallest absolute Gasteiger partial charge is 0.373 e. The minimum Gasteiger partial charge on any atom is -0.463 e. The van der Waals surface area contributed by atoms with Crippen LogP contribution in [0.2, 0.25) is 0 Å². The zero-order chi connectivity index (χ0) is 13.8. The molecule has 2 rings (SSSR count). The van der Waals surface area contributed by atoms with Crippen LogP contribution in [0, 0.1) is 13.8 Å². The van der Waals surface area contributed by atoms with E-state index in [2.05, 4.69) is 42.1 Å². The number of benzene rings is 1. The lowest BCUT2D eigenvalue weighted by molar-refractivity contribution is 0.0563. The van der Waals surface area contributed by atoms with E-state index in [4.69, 9.17) is 4.42 Å². The number of methoxy groups -OCH3 is 1. The third-order valence-electron chi connectivity index (χ3n) is 2.74. The number of nitrogens with one attached hydrogen (secondary N) is 1. The second-order valence-electron chi connectivity index (χ2n) is 4.49. The van der Waals surface area contributed by atoms with Gasteiger partial charge < -0.3 is 14.5 Å². The van der Waals surface area contributed by atoms with Crippen molar-refractivity contribution >= 4 is 11.7 Å². The first-order chi connectivity index (χ1) is 9.08. The summed E-state index contributed by atoms with van der Waals surface area (Å²) in [6.07, 6.45) is 0. The van der Waals surface area contributed by atoms with Crippen molar-refractivity contribution in [3.63, 3.8) is 0 Å². The molecular weight excluding hydrogens is 242 g/mol. The average molecular weight is 259 g/mol. The van der Waals surface area contributed by atoms with Crippen LogP contribution in [0.1, 0.15) is 27.4 Å². The van der Waals surface area contributed by atoms with E-state index in [0.717, 1.165) is 5.69 Å². The molecule has 2 aromatic rings. The van der Waals surface area contributed by atoms with E-state index >= 15 is 0 Å². The Morgan fingerprint density at radius 3 is 2.53 bits per heavy atom. The van der Waals surface area contributed by atoms with Crippen molar-refractivity contribution in [1.29, 1.82) is 0 Å². The van der Waals surface area contributed by atoms with Crippen molar-refractivity contribution in [3.05, 3.63) is 53.0 Å². The molecule has 0 atom stereocenters. The number of carbonyl (C=O) groups excluding carboxylic acids is 1. The molecule has 1 aromatic heterocycles. The molecule has 0 amide bonds. The quantitative estimate of drug-likeness (QED) is 0.856. The maximum absolute atomic E-state index is 11.3. The number of hydrogen-bond acceptors (Lipinski definition) is 4. The third-order valence-corrected chi connectivity index (χ3v) is 2.74. The van der Waals surface area contributed by atoms with Crippen molar-refractivity contribution in [1.82, 2.24) is 0 Å². The molecular formula is C15H17NO3. The Labute approximate surface area is 112 Å². The predicted molar refractivity (Wildman–Crippen MR) is 73.3 cm³/mol. The number of furan rings is 1. The molecule has 0 aliphatic carbocycles. The second-order valence-corrected chi connectivity index (χ2v) is 4.49. The van der Waals surface area contributed by atoms with Gasteiger partial charge in [-0.3, -0.25) is 0 Å². The van der Waals surface area contributed by atoms with Crippen LogP contribution in [0.4, 0.5) is 5.69 Å². The normalized spacial score (nSPS) is 10.3. The Kier molecular flexibility index (Phi) is 3.90. The molecule has 1 N–H and O–H groups in total. The molecule has 19 heavy (non-hydrogen) atoms. The fraction of sp³-hybridized carbons (Fsp3) is 0.267.